The Morgan fingerprint density at radius 3 is 2.36 bits per heavy atom. The molecule has 0 bridgehead atoms. The minimum absolute atomic E-state index is 0.0155. The maximum atomic E-state index is 12.5. The highest BCUT2D eigenvalue weighted by atomic mass is 16.5. The van der Waals surface area contributed by atoms with Gasteiger partial charge in [-0.15, -0.1) is 0 Å². The molecule has 0 spiro atoms. The van der Waals surface area contributed by atoms with Crippen molar-refractivity contribution >= 4 is 11.9 Å². The summed E-state index contributed by atoms with van der Waals surface area (Å²) in [7, 11) is 3.06. The molecular formula is C15H20N2O5. The molecule has 1 heterocycles. The third-order valence-corrected chi connectivity index (χ3v) is 3.78. The lowest BCUT2D eigenvalue weighted by molar-refractivity contribution is -0.898. The number of carbonyl (C=O) groups excluding carboxylic acids is 2. The summed E-state index contributed by atoms with van der Waals surface area (Å²) in [6.07, 6.45) is 0. The van der Waals surface area contributed by atoms with Crippen LogP contribution in [0.15, 0.2) is 18.2 Å². The molecule has 1 aromatic carbocycles. The fourth-order valence-corrected chi connectivity index (χ4v) is 2.56. The Labute approximate surface area is 129 Å². The predicted molar refractivity (Wildman–Crippen MR) is 76.0 cm³/mol. The second-order valence-corrected chi connectivity index (χ2v) is 5.16. The number of benzene rings is 1. The normalized spacial score (nSPS) is 15.5. The Morgan fingerprint density at radius 2 is 1.82 bits per heavy atom. The van der Waals surface area contributed by atoms with E-state index in [-0.39, 0.29) is 12.5 Å². The molecule has 2 rings (SSSR count). The van der Waals surface area contributed by atoms with Gasteiger partial charge in [0.25, 0.3) is 5.91 Å². The molecule has 0 radical (unpaired) electrons. The molecule has 22 heavy (non-hydrogen) atoms. The van der Waals surface area contributed by atoms with Gasteiger partial charge in [-0.2, -0.15) is 0 Å². The molecule has 7 nitrogen and oxygen atoms in total. The molecule has 0 unspecified atom stereocenters. The first-order chi connectivity index (χ1) is 10.5. The van der Waals surface area contributed by atoms with Crippen LogP contribution in [0.4, 0.5) is 0 Å². The average molecular weight is 308 g/mol. The summed E-state index contributed by atoms with van der Waals surface area (Å²) in [6.45, 7) is 2.24. The van der Waals surface area contributed by atoms with Crippen LogP contribution in [0.2, 0.25) is 0 Å². The summed E-state index contributed by atoms with van der Waals surface area (Å²) >= 11 is 0. The Morgan fingerprint density at radius 1 is 1.18 bits per heavy atom. The molecule has 0 aliphatic carbocycles. The Bertz CT molecular complexity index is 553. The number of carbonyl (C=O) groups is 2. The van der Waals surface area contributed by atoms with Crippen LogP contribution in [-0.2, 0) is 4.79 Å². The first-order valence-corrected chi connectivity index (χ1v) is 7.10. The standard InChI is InChI=1S/C15H20N2O5/c1-21-12-4-3-11(9-13(12)22-2)15(20)17-7-5-16(6-8-17)10-14(18)19/h3-4,9H,5-8,10H2,1-2H3,(H,18,19). The van der Waals surface area contributed by atoms with Crippen LogP contribution in [0.25, 0.3) is 0 Å². The van der Waals surface area contributed by atoms with Gasteiger partial charge in [-0.05, 0) is 18.2 Å². The number of amides is 1. The van der Waals surface area contributed by atoms with E-state index in [2.05, 4.69) is 0 Å². The molecular weight excluding hydrogens is 288 g/mol. The highest BCUT2D eigenvalue weighted by Crippen LogP contribution is 2.28. The van der Waals surface area contributed by atoms with Crippen LogP contribution in [0.5, 0.6) is 11.5 Å². The molecule has 0 saturated carbocycles. The second kappa shape index (κ2) is 7.13. The highest BCUT2D eigenvalue weighted by molar-refractivity contribution is 5.95. The van der Waals surface area contributed by atoms with Gasteiger partial charge in [0.2, 0.25) is 0 Å². The number of piperazine rings is 1. The fraction of sp³-hybridized carbons (Fsp3) is 0.467. The van der Waals surface area contributed by atoms with Crippen LogP contribution in [0.1, 0.15) is 10.4 Å². The van der Waals surface area contributed by atoms with Gasteiger partial charge in [0.1, 0.15) is 6.54 Å². The number of aliphatic carboxylic acids is 1. The Kier molecular flexibility index (Phi) is 5.21. The van der Waals surface area contributed by atoms with Gasteiger partial charge in [0.05, 0.1) is 46.4 Å². The first kappa shape index (κ1) is 16.1. The van der Waals surface area contributed by atoms with Crippen LogP contribution >= 0.6 is 0 Å². The second-order valence-electron chi connectivity index (χ2n) is 5.16. The van der Waals surface area contributed by atoms with E-state index in [1.165, 1.54) is 7.11 Å². The number of nitrogens with zero attached hydrogens (tertiary/aromatic N) is 1. The zero-order chi connectivity index (χ0) is 16.1. The molecule has 1 amide bonds. The summed E-state index contributed by atoms with van der Waals surface area (Å²) < 4.78 is 10.4. The SMILES string of the molecule is COc1ccc(C(=O)N2CC[NH+](CC(=O)[O-])CC2)cc1OC. The van der Waals surface area contributed by atoms with Crippen molar-refractivity contribution in [3.05, 3.63) is 23.8 Å². The number of hydrogen-bond acceptors (Lipinski definition) is 5. The fourth-order valence-electron chi connectivity index (χ4n) is 2.56. The monoisotopic (exact) mass is 308 g/mol. The predicted octanol–water partition coefficient (Wildman–Crippen LogP) is -2.21. The van der Waals surface area contributed by atoms with E-state index in [4.69, 9.17) is 9.47 Å². The van der Waals surface area contributed by atoms with Gasteiger partial charge in [-0.1, -0.05) is 0 Å². The van der Waals surface area contributed by atoms with Crippen LogP contribution in [-0.4, -0.2) is 63.7 Å². The molecule has 120 valence electrons. The van der Waals surface area contributed by atoms with Crippen molar-refractivity contribution in [3.63, 3.8) is 0 Å². The smallest absolute Gasteiger partial charge is 0.254 e. The largest absolute Gasteiger partial charge is 0.544 e. The van der Waals surface area contributed by atoms with Crippen molar-refractivity contribution in [1.82, 2.24) is 4.90 Å². The van der Waals surface area contributed by atoms with E-state index >= 15 is 0 Å². The van der Waals surface area contributed by atoms with Crippen molar-refractivity contribution in [2.24, 2.45) is 0 Å². The van der Waals surface area contributed by atoms with E-state index in [0.29, 0.717) is 43.2 Å². The van der Waals surface area contributed by atoms with Crippen molar-refractivity contribution in [2.75, 3.05) is 46.9 Å². The van der Waals surface area contributed by atoms with Crippen LogP contribution in [0.3, 0.4) is 0 Å². The number of quaternary nitrogens is 1. The van der Waals surface area contributed by atoms with E-state index in [1.54, 1.807) is 30.2 Å². The number of carboxylic acids is 1. The number of nitrogens with one attached hydrogen (secondary N) is 1. The molecule has 1 saturated heterocycles. The molecule has 7 heteroatoms. The Balaban J connectivity index is 2.02. The molecule has 1 aliphatic rings. The van der Waals surface area contributed by atoms with E-state index in [0.717, 1.165) is 4.90 Å². The van der Waals surface area contributed by atoms with Gasteiger partial charge in [-0.3, -0.25) is 4.79 Å². The van der Waals surface area contributed by atoms with Crippen LogP contribution in [0, 0.1) is 0 Å². The maximum absolute atomic E-state index is 12.5. The van der Waals surface area contributed by atoms with E-state index < -0.39 is 5.97 Å². The number of hydrogen-bond donors (Lipinski definition) is 1. The van der Waals surface area contributed by atoms with E-state index in [9.17, 15) is 14.7 Å². The number of rotatable bonds is 5. The maximum Gasteiger partial charge on any atom is 0.254 e. The first-order valence-electron chi connectivity index (χ1n) is 7.10. The molecule has 0 atom stereocenters. The van der Waals surface area contributed by atoms with Gasteiger partial charge in [-0.25, -0.2) is 0 Å². The highest BCUT2D eigenvalue weighted by Gasteiger charge is 2.25. The van der Waals surface area contributed by atoms with Gasteiger partial charge in [0, 0.05) is 5.56 Å². The molecule has 1 N–H and O–H groups in total. The van der Waals surface area contributed by atoms with Crippen molar-refractivity contribution < 1.29 is 29.1 Å². The Hall–Kier alpha value is -2.28. The van der Waals surface area contributed by atoms with E-state index in [1.807, 2.05) is 0 Å². The van der Waals surface area contributed by atoms with Crippen molar-refractivity contribution in [1.29, 1.82) is 0 Å². The van der Waals surface area contributed by atoms with Crippen molar-refractivity contribution in [2.45, 2.75) is 0 Å². The quantitative estimate of drug-likeness (QED) is 0.667. The summed E-state index contributed by atoms with van der Waals surface area (Å²) in [5, 5.41) is 10.6. The lowest BCUT2D eigenvalue weighted by Crippen LogP contribution is -3.16. The number of carboxylic acid groups (broad SMARTS) is 1. The molecule has 1 aliphatic heterocycles. The van der Waals surface area contributed by atoms with Gasteiger partial charge in [0.15, 0.2) is 11.5 Å². The third-order valence-electron chi connectivity index (χ3n) is 3.78. The minimum atomic E-state index is -1.06. The number of methoxy groups -OCH3 is 2. The summed E-state index contributed by atoms with van der Waals surface area (Å²) in [6, 6.07) is 5.05. The number of ether oxygens (including phenoxy) is 2. The van der Waals surface area contributed by atoms with Gasteiger partial charge < -0.3 is 29.2 Å². The topological polar surface area (TPSA) is 83.3 Å². The zero-order valence-corrected chi connectivity index (χ0v) is 12.8. The van der Waals surface area contributed by atoms with Crippen LogP contribution < -0.4 is 19.5 Å². The molecule has 1 fully saturated rings. The lowest BCUT2D eigenvalue weighted by atomic mass is 10.1. The van der Waals surface area contributed by atoms with Gasteiger partial charge >= 0.3 is 0 Å². The molecule has 1 aromatic rings. The van der Waals surface area contributed by atoms with Crippen molar-refractivity contribution in [3.8, 4) is 11.5 Å². The summed E-state index contributed by atoms with van der Waals surface area (Å²) in [4.78, 5) is 25.7. The zero-order valence-electron chi connectivity index (χ0n) is 12.8. The lowest BCUT2D eigenvalue weighted by Gasteiger charge is -2.32. The summed E-state index contributed by atoms with van der Waals surface area (Å²) in [5.74, 6) is -0.0695. The summed E-state index contributed by atoms with van der Waals surface area (Å²) in [5.41, 5.74) is 0.529. The third kappa shape index (κ3) is 3.67. The average Bonchev–Trinajstić information content (AvgIpc) is 2.53. The molecule has 0 aromatic heterocycles. The minimum Gasteiger partial charge on any atom is -0.544 e.